The summed E-state index contributed by atoms with van der Waals surface area (Å²) in [5, 5.41) is 0. The number of unbranched alkanes of at least 4 members (excludes halogenated alkanes) is 1. The minimum Gasteiger partial charge on any atom is -0.269 e. The molecule has 0 rings (SSSR count). The molecule has 1 N–H and O–H groups in total. The molecule has 0 aromatic carbocycles. The highest BCUT2D eigenvalue weighted by molar-refractivity contribution is 7.89. The Morgan fingerprint density at radius 2 is 2.00 bits per heavy atom. The fourth-order valence-corrected chi connectivity index (χ4v) is 1.23. The van der Waals surface area contributed by atoms with Gasteiger partial charge in [0.15, 0.2) is 0 Å². The first kappa shape index (κ1) is 12.2. The maximum absolute atomic E-state index is 11.1. The summed E-state index contributed by atoms with van der Waals surface area (Å²) in [6.07, 6.45) is 3.27. The van der Waals surface area contributed by atoms with E-state index in [-0.39, 0.29) is 0 Å². The van der Waals surface area contributed by atoms with E-state index in [2.05, 4.69) is 6.58 Å². The van der Waals surface area contributed by atoms with Crippen LogP contribution >= 0.6 is 0 Å². The molecule has 0 atom stereocenters. The zero-order chi connectivity index (χ0) is 10.5. The molecule has 0 aliphatic heterocycles. The Morgan fingerprint density at radius 1 is 1.46 bits per heavy atom. The normalized spacial score (nSPS) is 10.9. The van der Waals surface area contributed by atoms with Crippen molar-refractivity contribution in [3.05, 3.63) is 12.2 Å². The van der Waals surface area contributed by atoms with Gasteiger partial charge in [0.05, 0.1) is 6.26 Å². The standard InChI is InChI=1S/C8H15NO3S/c1-4-5-6-7(2)8(10)9-13(3,11)12/h2,4-6H2,1,3H3,(H,9,10). The van der Waals surface area contributed by atoms with E-state index < -0.39 is 15.9 Å². The zero-order valence-electron chi connectivity index (χ0n) is 7.96. The van der Waals surface area contributed by atoms with Gasteiger partial charge < -0.3 is 0 Å². The van der Waals surface area contributed by atoms with Gasteiger partial charge in [-0.1, -0.05) is 19.9 Å². The first-order valence-electron chi connectivity index (χ1n) is 4.06. The fourth-order valence-electron chi connectivity index (χ4n) is 0.744. The Kier molecular flexibility index (Phi) is 4.69. The highest BCUT2D eigenvalue weighted by Gasteiger charge is 2.10. The molecule has 0 aliphatic carbocycles. The lowest BCUT2D eigenvalue weighted by atomic mass is 10.1. The molecular weight excluding hydrogens is 190 g/mol. The van der Waals surface area contributed by atoms with Crippen LogP contribution in [0.25, 0.3) is 0 Å². The van der Waals surface area contributed by atoms with Crippen LogP contribution in [0.3, 0.4) is 0 Å². The van der Waals surface area contributed by atoms with Crippen molar-refractivity contribution >= 4 is 15.9 Å². The molecule has 0 heterocycles. The number of rotatable bonds is 5. The van der Waals surface area contributed by atoms with Crippen molar-refractivity contribution in [3.63, 3.8) is 0 Å². The van der Waals surface area contributed by atoms with Crippen LogP contribution < -0.4 is 4.72 Å². The molecule has 0 fully saturated rings. The van der Waals surface area contributed by atoms with E-state index in [0.29, 0.717) is 12.0 Å². The van der Waals surface area contributed by atoms with Gasteiger partial charge in [-0.05, 0) is 12.8 Å². The molecule has 0 saturated heterocycles. The summed E-state index contributed by atoms with van der Waals surface area (Å²) < 4.78 is 23.2. The summed E-state index contributed by atoms with van der Waals surface area (Å²) in [4.78, 5) is 11.1. The third kappa shape index (κ3) is 6.33. The molecule has 0 saturated carbocycles. The van der Waals surface area contributed by atoms with Gasteiger partial charge in [0.2, 0.25) is 10.0 Å². The smallest absolute Gasteiger partial charge is 0.260 e. The predicted octanol–water partition coefficient (Wildman–Crippen LogP) is 0.809. The Balaban J connectivity index is 4.06. The van der Waals surface area contributed by atoms with Gasteiger partial charge in [-0.2, -0.15) is 0 Å². The van der Waals surface area contributed by atoms with Crippen molar-refractivity contribution < 1.29 is 13.2 Å². The quantitative estimate of drug-likeness (QED) is 0.675. The number of nitrogens with one attached hydrogen (secondary N) is 1. The number of carbonyl (C=O) groups excluding carboxylic acids is 1. The van der Waals surface area contributed by atoms with Crippen LogP contribution in [0.4, 0.5) is 0 Å². The summed E-state index contributed by atoms with van der Waals surface area (Å²) >= 11 is 0. The largest absolute Gasteiger partial charge is 0.269 e. The SMILES string of the molecule is C=C(CCCC)C(=O)NS(C)(=O)=O. The van der Waals surface area contributed by atoms with Crippen LogP contribution in [-0.4, -0.2) is 20.6 Å². The summed E-state index contributed by atoms with van der Waals surface area (Å²) in [7, 11) is -3.45. The van der Waals surface area contributed by atoms with Crippen LogP contribution in [-0.2, 0) is 14.8 Å². The molecule has 4 nitrogen and oxygen atoms in total. The molecule has 0 aliphatic rings. The second-order valence-corrected chi connectivity index (χ2v) is 4.66. The van der Waals surface area contributed by atoms with Gasteiger partial charge in [-0.3, -0.25) is 4.79 Å². The van der Waals surface area contributed by atoms with Crippen LogP contribution in [0.5, 0.6) is 0 Å². The van der Waals surface area contributed by atoms with E-state index in [0.717, 1.165) is 19.1 Å². The molecule has 1 amide bonds. The van der Waals surface area contributed by atoms with E-state index in [9.17, 15) is 13.2 Å². The second kappa shape index (κ2) is 5.01. The van der Waals surface area contributed by atoms with E-state index in [1.165, 1.54) is 0 Å². The highest BCUT2D eigenvalue weighted by Crippen LogP contribution is 2.04. The summed E-state index contributed by atoms with van der Waals surface area (Å²) in [6, 6.07) is 0. The minimum atomic E-state index is -3.45. The molecular formula is C8H15NO3S. The molecule has 0 spiro atoms. The molecule has 0 aromatic rings. The van der Waals surface area contributed by atoms with Crippen LogP contribution in [0, 0.1) is 0 Å². The number of hydrogen-bond acceptors (Lipinski definition) is 3. The molecule has 76 valence electrons. The first-order chi connectivity index (χ1) is 5.87. The van der Waals surface area contributed by atoms with Gasteiger partial charge in [0, 0.05) is 5.57 Å². The Hall–Kier alpha value is -0.840. The Labute approximate surface area is 79.1 Å². The number of sulfonamides is 1. The van der Waals surface area contributed by atoms with Crippen molar-refractivity contribution in [3.8, 4) is 0 Å². The van der Waals surface area contributed by atoms with Gasteiger partial charge in [0.25, 0.3) is 5.91 Å². The third-order valence-electron chi connectivity index (χ3n) is 1.43. The third-order valence-corrected chi connectivity index (χ3v) is 1.99. The summed E-state index contributed by atoms with van der Waals surface area (Å²) in [5.74, 6) is -0.601. The summed E-state index contributed by atoms with van der Waals surface area (Å²) in [5.41, 5.74) is 0.312. The molecule has 0 radical (unpaired) electrons. The molecule has 0 bridgehead atoms. The molecule has 5 heteroatoms. The second-order valence-electron chi connectivity index (χ2n) is 2.91. The van der Waals surface area contributed by atoms with Crippen LogP contribution in [0.1, 0.15) is 26.2 Å². The maximum atomic E-state index is 11.1. The van der Waals surface area contributed by atoms with Crippen molar-refractivity contribution in [2.45, 2.75) is 26.2 Å². The summed E-state index contributed by atoms with van der Waals surface area (Å²) in [6.45, 7) is 5.49. The van der Waals surface area contributed by atoms with Crippen molar-refractivity contribution in [1.82, 2.24) is 4.72 Å². The van der Waals surface area contributed by atoms with Gasteiger partial charge >= 0.3 is 0 Å². The van der Waals surface area contributed by atoms with E-state index >= 15 is 0 Å². The highest BCUT2D eigenvalue weighted by atomic mass is 32.2. The maximum Gasteiger partial charge on any atom is 0.260 e. The van der Waals surface area contributed by atoms with E-state index in [4.69, 9.17) is 0 Å². The molecule has 0 aromatic heterocycles. The predicted molar refractivity (Wildman–Crippen MR) is 51.7 cm³/mol. The van der Waals surface area contributed by atoms with Crippen molar-refractivity contribution in [2.24, 2.45) is 0 Å². The topological polar surface area (TPSA) is 63.2 Å². The van der Waals surface area contributed by atoms with Gasteiger partial charge in [-0.15, -0.1) is 0 Å². The number of amides is 1. The Morgan fingerprint density at radius 3 is 2.38 bits per heavy atom. The average Bonchev–Trinajstić information content (AvgIpc) is 1.96. The fraction of sp³-hybridized carbons (Fsp3) is 0.625. The van der Waals surface area contributed by atoms with E-state index in [1.54, 1.807) is 0 Å². The number of hydrogen-bond donors (Lipinski definition) is 1. The van der Waals surface area contributed by atoms with Crippen LogP contribution in [0.2, 0.25) is 0 Å². The lowest BCUT2D eigenvalue weighted by Crippen LogP contribution is -2.30. The number of carbonyl (C=O) groups is 1. The lowest BCUT2D eigenvalue weighted by molar-refractivity contribution is -0.115. The lowest BCUT2D eigenvalue weighted by Gasteiger charge is -2.04. The van der Waals surface area contributed by atoms with E-state index in [1.807, 2.05) is 11.6 Å². The molecule has 13 heavy (non-hydrogen) atoms. The average molecular weight is 205 g/mol. The monoisotopic (exact) mass is 205 g/mol. The van der Waals surface area contributed by atoms with Gasteiger partial charge in [0.1, 0.15) is 0 Å². The van der Waals surface area contributed by atoms with Gasteiger partial charge in [-0.25, -0.2) is 13.1 Å². The van der Waals surface area contributed by atoms with Crippen molar-refractivity contribution in [1.29, 1.82) is 0 Å². The Bertz CT molecular complexity index is 293. The zero-order valence-corrected chi connectivity index (χ0v) is 8.78. The first-order valence-corrected chi connectivity index (χ1v) is 5.96. The minimum absolute atomic E-state index is 0.312. The van der Waals surface area contributed by atoms with Crippen molar-refractivity contribution in [2.75, 3.05) is 6.26 Å². The molecule has 0 unspecified atom stereocenters. The van der Waals surface area contributed by atoms with Crippen LogP contribution in [0.15, 0.2) is 12.2 Å².